The Morgan fingerprint density at radius 3 is 2.46 bits per heavy atom. The van der Waals surface area contributed by atoms with Crippen molar-refractivity contribution in [3.05, 3.63) is 53.8 Å². The normalized spacial score (nSPS) is 17.2. The minimum absolute atomic E-state index is 0.0669. The predicted octanol–water partition coefficient (Wildman–Crippen LogP) is 3.55. The lowest BCUT2D eigenvalue weighted by Gasteiger charge is -2.43. The summed E-state index contributed by atoms with van der Waals surface area (Å²) >= 11 is 0. The molecule has 1 aliphatic heterocycles. The Hall–Kier alpha value is -2.12. The van der Waals surface area contributed by atoms with Gasteiger partial charge in [-0.2, -0.15) is 0 Å². The predicted molar refractivity (Wildman–Crippen MR) is 101 cm³/mol. The number of morpholine rings is 1. The third kappa shape index (κ3) is 3.83. The zero-order chi connectivity index (χ0) is 18.9. The first-order valence-corrected chi connectivity index (χ1v) is 9.92. The molecule has 5 nitrogen and oxygen atoms in total. The Morgan fingerprint density at radius 2 is 1.85 bits per heavy atom. The van der Waals surface area contributed by atoms with E-state index in [4.69, 9.17) is 4.74 Å². The summed E-state index contributed by atoms with van der Waals surface area (Å²) in [7, 11) is -3.77. The molecular formula is C19H23FN2O3S. The summed E-state index contributed by atoms with van der Waals surface area (Å²) in [4.78, 5) is 2.32. The van der Waals surface area contributed by atoms with Crippen LogP contribution in [0, 0.1) is 12.7 Å². The Morgan fingerprint density at radius 1 is 1.15 bits per heavy atom. The third-order valence-electron chi connectivity index (χ3n) is 4.50. The number of nitrogens with zero attached hydrogens (tertiary/aromatic N) is 1. The molecule has 1 heterocycles. The van der Waals surface area contributed by atoms with Crippen molar-refractivity contribution in [2.45, 2.75) is 31.2 Å². The van der Waals surface area contributed by atoms with E-state index in [9.17, 15) is 12.8 Å². The zero-order valence-corrected chi connectivity index (χ0v) is 15.9. The van der Waals surface area contributed by atoms with Gasteiger partial charge in [-0.25, -0.2) is 12.8 Å². The molecule has 0 radical (unpaired) electrons. The average Bonchev–Trinajstić information content (AvgIpc) is 2.55. The fraction of sp³-hybridized carbons (Fsp3) is 0.368. The van der Waals surface area contributed by atoms with Crippen LogP contribution in [0.15, 0.2) is 47.4 Å². The number of rotatable bonds is 4. The number of anilines is 2. The summed E-state index contributed by atoms with van der Waals surface area (Å²) in [6.45, 7) is 7.89. The van der Waals surface area contributed by atoms with E-state index in [-0.39, 0.29) is 10.4 Å². The van der Waals surface area contributed by atoms with Gasteiger partial charge in [0.25, 0.3) is 10.0 Å². The molecule has 0 bridgehead atoms. The molecule has 0 saturated carbocycles. The lowest BCUT2D eigenvalue weighted by molar-refractivity contribution is 0.0644. The van der Waals surface area contributed by atoms with Crippen LogP contribution in [-0.2, 0) is 14.8 Å². The lowest BCUT2D eigenvalue weighted by atomic mass is 10.0. The summed E-state index contributed by atoms with van der Waals surface area (Å²) < 4.78 is 46.4. The molecular weight excluding hydrogens is 355 g/mol. The monoisotopic (exact) mass is 378 g/mol. The van der Waals surface area contributed by atoms with Crippen molar-refractivity contribution in [3.63, 3.8) is 0 Å². The van der Waals surface area contributed by atoms with E-state index in [0.29, 0.717) is 24.5 Å². The van der Waals surface area contributed by atoms with Gasteiger partial charge < -0.3 is 9.64 Å². The molecule has 0 aromatic heterocycles. The zero-order valence-electron chi connectivity index (χ0n) is 15.1. The third-order valence-corrected chi connectivity index (χ3v) is 6.04. The van der Waals surface area contributed by atoms with Gasteiger partial charge in [0.2, 0.25) is 0 Å². The van der Waals surface area contributed by atoms with Crippen LogP contribution in [0.4, 0.5) is 15.8 Å². The molecule has 0 spiro atoms. The van der Waals surface area contributed by atoms with Crippen molar-refractivity contribution in [3.8, 4) is 0 Å². The standard InChI is InChI=1S/C19H23FN2O3S/c1-14-12-15(20)4-9-18(14)26(23,24)21-16-5-7-17(8-6-16)22-10-11-25-13-19(22,2)3/h4-9,12,21H,10-11,13H2,1-3H3. The molecule has 140 valence electrons. The topological polar surface area (TPSA) is 58.6 Å². The largest absolute Gasteiger partial charge is 0.377 e. The summed E-state index contributed by atoms with van der Waals surface area (Å²) in [6, 6.07) is 10.9. The quantitative estimate of drug-likeness (QED) is 0.884. The van der Waals surface area contributed by atoms with E-state index in [0.717, 1.165) is 18.3 Å². The first kappa shape index (κ1) is 18.7. The van der Waals surface area contributed by atoms with Gasteiger partial charge in [-0.15, -0.1) is 0 Å². The van der Waals surface area contributed by atoms with Crippen molar-refractivity contribution in [1.29, 1.82) is 0 Å². The number of nitrogens with one attached hydrogen (secondary N) is 1. The van der Waals surface area contributed by atoms with E-state index < -0.39 is 15.8 Å². The number of benzene rings is 2. The maximum atomic E-state index is 13.2. The molecule has 1 saturated heterocycles. The fourth-order valence-corrected chi connectivity index (χ4v) is 4.46. The Bertz CT molecular complexity index is 896. The first-order valence-electron chi connectivity index (χ1n) is 8.43. The van der Waals surface area contributed by atoms with Crippen LogP contribution in [-0.4, -0.2) is 33.7 Å². The highest BCUT2D eigenvalue weighted by molar-refractivity contribution is 7.92. The van der Waals surface area contributed by atoms with Gasteiger partial charge in [-0.1, -0.05) is 0 Å². The minimum Gasteiger partial charge on any atom is -0.377 e. The van der Waals surface area contributed by atoms with Gasteiger partial charge in [-0.3, -0.25) is 4.72 Å². The lowest BCUT2D eigenvalue weighted by Crippen LogP contribution is -2.53. The van der Waals surface area contributed by atoms with E-state index in [1.165, 1.54) is 12.1 Å². The number of halogens is 1. The van der Waals surface area contributed by atoms with Crippen LogP contribution < -0.4 is 9.62 Å². The van der Waals surface area contributed by atoms with Crippen LogP contribution in [0.2, 0.25) is 0 Å². The second kappa shape index (κ2) is 6.89. The van der Waals surface area contributed by atoms with E-state index in [2.05, 4.69) is 23.5 Å². The summed E-state index contributed by atoms with van der Waals surface area (Å²) in [5, 5.41) is 0. The minimum atomic E-state index is -3.77. The van der Waals surface area contributed by atoms with Crippen LogP contribution in [0.3, 0.4) is 0 Å². The molecule has 2 aromatic rings. The molecule has 7 heteroatoms. The molecule has 0 amide bonds. The van der Waals surface area contributed by atoms with Crippen LogP contribution in [0.25, 0.3) is 0 Å². The van der Waals surface area contributed by atoms with Gasteiger partial charge in [-0.05, 0) is 68.8 Å². The Kier molecular flexibility index (Phi) is 4.94. The number of hydrogen-bond acceptors (Lipinski definition) is 4. The van der Waals surface area contributed by atoms with E-state index >= 15 is 0 Å². The molecule has 1 aliphatic rings. The van der Waals surface area contributed by atoms with Gasteiger partial charge in [0.1, 0.15) is 5.82 Å². The van der Waals surface area contributed by atoms with Crippen molar-refractivity contribution >= 4 is 21.4 Å². The molecule has 2 aromatic carbocycles. The fourth-order valence-electron chi connectivity index (χ4n) is 3.17. The van der Waals surface area contributed by atoms with Crippen molar-refractivity contribution in [2.75, 3.05) is 29.4 Å². The average molecular weight is 378 g/mol. The maximum absolute atomic E-state index is 13.2. The highest BCUT2D eigenvalue weighted by Crippen LogP contribution is 2.28. The van der Waals surface area contributed by atoms with Gasteiger partial charge >= 0.3 is 0 Å². The Labute approximate surface area is 153 Å². The number of sulfonamides is 1. The van der Waals surface area contributed by atoms with Gasteiger partial charge in [0, 0.05) is 17.9 Å². The number of aryl methyl sites for hydroxylation is 1. The first-order chi connectivity index (χ1) is 12.2. The highest BCUT2D eigenvalue weighted by Gasteiger charge is 2.30. The second-order valence-corrected chi connectivity index (χ2v) is 8.73. The number of ether oxygens (including phenoxy) is 1. The summed E-state index contributed by atoms with van der Waals surface area (Å²) in [5.41, 5.74) is 1.72. The molecule has 1 fully saturated rings. The van der Waals surface area contributed by atoms with E-state index in [1.54, 1.807) is 19.1 Å². The Balaban J connectivity index is 1.81. The maximum Gasteiger partial charge on any atom is 0.262 e. The summed E-state index contributed by atoms with van der Waals surface area (Å²) in [6.07, 6.45) is 0. The molecule has 0 unspecified atom stereocenters. The molecule has 0 atom stereocenters. The van der Waals surface area contributed by atoms with Crippen molar-refractivity contribution < 1.29 is 17.5 Å². The van der Waals surface area contributed by atoms with Crippen molar-refractivity contribution in [1.82, 2.24) is 0 Å². The molecule has 1 N–H and O–H groups in total. The smallest absolute Gasteiger partial charge is 0.262 e. The molecule has 3 rings (SSSR count). The van der Waals surface area contributed by atoms with Gasteiger partial charge in [0.05, 0.1) is 23.6 Å². The molecule has 26 heavy (non-hydrogen) atoms. The van der Waals surface area contributed by atoms with Crippen LogP contribution in [0.1, 0.15) is 19.4 Å². The van der Waals surface area contributed by atoms with Crippen LogP contribution >= 0.6 is 0 Å². The summed E-state index contributed by atoms with van der Waals surface area (Å²) in [5.74, 6) is -0.459. The van der Waals surface area contributed by atoms with Gasteiger partial charge in [0.15, 0.2) is 0 Å². The van der Waals surface area contributed by atoms with Crippen molar-refractivity contribution in [2.24, 2.45) is 0 Å². The highest BCUT2D eigenvalue weighted by atomic mass is 32.2. The van der Waals surface area contributed by atoms with E-state index in [1.807, 2.05) is 12.1 Å². The number of hydrogen-bond donors (Lipinski definition) is 1. The SMILES string of the molecule is Cc1cc(F)ccc1S(=O)(=O)Nc1ccc(N2CCOCC2(C)C)cc1. The van der Waals surface area contributed by atoms with Crippen LogP contribution in [0.5, 0.6) is 0 Å². The second-order valence-electron chi connectivity index (χ2n) is 7.08. The molecule has 0 aliphatic carbocycles.